The number of piperazine rings is 1. The molecule has 2 amide bonds. The van der Waals surface area contributed by atoms with E-state index in [1.165, 1.54) is 12.1 Å². The number of carbonyl (C=O) groups is 2. The summed E-state index contributed by atoms with van der Waals surface area (Å²) in [5.41, 5.74) is 7.81. The van der Waals surface area contributed by atoms with Crippen molar-refractivity contribution in [1.82, 2.24) is 9.80 Å². The van der Waals surface area contributed by atoms with Gasteiger partial charge < -0.3 is 20.6 Å². The maximum absolute atomic E-state index is 12.4. The molecule has 7 heteroatoms. The molecular formula is C19H22ClN3O3. The molecule has 1 heterocycles. The van der Waals surface area contributed by atoms with Crippen molar-refractivity contribution in [3.05, 3.63) is 59.7 Å². The van der Waals surface area contributed by atoms with E-state index < -0.39 is 0 Å². The molecule has 1 aliphatic rings. The summed E-state index contributed by atoms with van der Waals surface area (Å²) in [7, 11) is 0. The molecule has 0 aromatic heterocycles. The topological polar surface area (TPSA) is 86.9 Å². The van der Waals surface area contributed by atoms with E-state index in [4.69, 9.17) is 5.73 Å². The van der Waals surface area contributed by atoms with Crippen LogP contribution in [0.1, 0.15) is 15.9 Å². The monoisotopic (exact) mass is 375 g/mol. The van der Waals surface area contributed by atoms with Crippen molar-refractivity contribution in [1.29, 1.82) is 0 Å². The van der Waals surface area contributed by atoms with E-state index in [2.05, 4.69) is 0 Å². The van der Waals surface area contributed by atoms with E-state index in [0.29, 0.717) is 43.9 Å². The second-order valence-electron chi connectivity index (χ2n) is 6.14. The molecule has 0 radical (unpaired) electrons. The van der Waals surface area contributed by atoms with Gasteiger partial charge in [0.2, 0.25) is 5.91 Å². The Morgan fingerprint density at radius 1 is 0.885 bits per heavy atom. The van der Waals surface area contributed by atoms with Gasteiger partial charge in [-0.15, -0.1) is 12.4 Å². The number of carbonyl (C=O) groups excluding carboxylic acids is 2. The van der Waals surface area contributed by atoms with Crippen LogP contribution in [0.2, 0.25) is 0 Å². The quantitative estimate of drug-likeness (QED) is 0.802. The average molecular weight is 376 g/mol. The second-order valence-corrected chi connectivity index (χ2v) is 6.14. The minimum absolute atomic E-state index is 0. The van der Waals surface area contributed by atoms with Crippen molar-refractivity contribution in [2.24, 2.45) is 0 Å². The van der Waals surface area contributed by atoms with Crippen LogP contribution in [0.5, 0.6) is 5.75 Å². The van der Waals surface area contributed by atoms with E-state index in [9.17, 15) is 14.7 Å². The molecule has 26 heavy (non-hydrogen) atoms. The number of phenolic OH excluding ortho intramolecular Hbond substituents is 1. The van der Waals surface area contributed by atoms with Crippen molar-refractivity contribution in [3.63, 3.8) is 0 Å². The fourth-order valence-electron chi connectivity index (χ4n) is 2.87. The van der Waals surface area contributed by atoms with Crippen LogP contribution in [0.3, 0.4) is 0 Å². The summed E-state index contributed by atoms with van der Waals surface area (Å²) in [6.45, 7) is 2.07. The number of anilines is 1. The van der Waals surface area contributed by atoms with Gasteiger partial charge in [0, 0.05) is 37.4 Å². The maximum Gasteiger partial charge on any atom is 0.253 e. The van der Waals surface area contributed by atoms with Gasteiger partial charge in [-0.05, 0) is 42.0 Å². The number of hydrogen-bond acceptors (Lipinski definition) is 4. The first-order valence-corrected chi connectivity index (χ1v) is 8.23. The predicted molar refractivity (Wildman–Crippen MR) is 102 cm³/mol. The molecule has 1 fully saturated rings. The van der Waals surface area contributed by atoms with Crippen LogP contribution in [0, 0.1) is 0 Å². The highest BCUT2D eigenvalue weighted by Gasteiger charge is 2.24. The number of amides is 2. The number of nitrogens with zero attached hydrogens (tertiary/aromatic N) is 2. The highest BCUT2D eigenvalue weighted by molar-refractivity contribution is 5.94. The Morgan fingerprint density at radius 3 is 2.00 bits per heavy atom. The number of phenols is 1. The van der Waals surface area contributed by atoms with E-state index in [0.717, 1.165) is 5.56 Å². The van der Waals surface area contributed by atoms with E-state index in [1.807, 2.05) is 12.1 Å². The van der Waals surface area contributed by atoms with Crippen LogP contribution in [0.4, 0.5) is 5.69 Å². The normalized spacial score (nSPS) is 13.8. The van der Waals surface area contributed by atoms with Crippen LogP contribution < -0.4 is 5.73 Å². The van der Waals surface area contributed by atoms with Gasteiger partial charge in [0.25, 0.3) is 5.91 Å². The van der Waals surface area contributed by atoms with E-state index >= 15 is 0 Å². The third-order valence-electron chi connectivity index (χ3n) is 4.37. The van der Waals surface area contributed by atoms with E-state index in [1.54, 1.807) is 34.1 Å². The highest BCUT2D eigenvalue weighted by atomic mass is 35.5. The molecule has 2 aromatic rings. The van der Waals surface area contributed by atoms with Crippen molar-refractivity contribution in [2.75, 3.05) is 31.9 Å². The number of benzene rings is 2. The zero-order chi connectivity index (χ0) is 17.8. The fourth-order valence-corrected chi connectivity index (χ4v) is 2.87. The molecule has 3 N–H and O–H groups in total. The lowest BCUT2D eigenvalue weighted by Gasteiger charge is -2.35. The lowest BCUT2D eigenvalue weighted by Crippen LogP contribution is -2.51. The molecule has 6 nitrogen and oxygen atoms in total. The Labute approximate surface area is 158 Å². The lowest BCUT2D eigenvalue weighted by molar-refractivity contribution is -0.131. The molecule has 0 unspecified atom stereocenters. The molecule has 0 atom stereocenters. The first-order valence-electron chi connectivity index (χ1n) is 8.23. The van der Waals surface area contributed by atoms with Crippen LogP contribution in [-0.4, -0.2) is 52.9 Å². The Balaban J connectivity index is 0.00000243. The summed E-state index contributed by atoms with van der Waals surface area (Å²) >= 11 is 0. The van der Waals surface area contributed by atoms with Gasteiger partial charge in [-0.1, -0.05) is 12.1 Å². The Morgan fingerprint density at radius 2 is 1.42 bits per heavy atom. The van der Waals surface area contributed by atoms with Gasteiger partial charge in [-0.2, -0.15) is 0 Å². The summed E-state index contributed by atoms with van der Waals surface area (Å²) in [5, 5.41) is 9.30. The third-order valence-corrected chi connectivity index (χ3v) is 4.37. The summed E-state index contributed by atoms with van der Waals surface area (Å²) in [4.78, 5) is 28.4. The Kier molecular flexibility index (Phi) is 6.46. The number of rotatable bonds is 3. The van der Waals surface area contributed by atoms with Gasteiger partial charge in [0.1, 0.15) is 5.75 Å². The molecular weight excluding hydrogens is 354 g/mol. The largest absolute Gasteiger partial charge is 0.508 e. The van der Waals surface area contributed by atoms with Crippen LogP contribution in [0.25, 0.3) is 0 Å². The van der Waals surface area contributed by atoms with Gasteiger partial charge in [-0.25, -0.2) is 0 Å². The van der Waals surface area contributed by atoms with Crippen LogP contribution >= 0.6 is 12.4 Å². The predicted octanol–water partition coefficient (Wildman–Crippen LogP) is 1.92. The van der Waals surface area contributed by atoms with Gasteiger partial charge >= 0.3 is 0 Å². The minimum atomic E-state index is -0.0781. The highest BCUT2D eigenvalue weighted by Crippen LogP contribution is 2.14. The standard InChI is InChI=1S/C19H21N3O3.ClH/c20-16-5-1-14(2-6-16)13-18(24)21-9-11-22(12-10-21)19(25)15-3-7-17(23)8-4-15;/h1-8,23H,9-13,20H2;1H. The zero-order valence-electron chi connectivity index (χ0n) is 14.3. The minimum Gasteiger partial charge on any atom is -0.508 e. The van der Waals surface area contributed by atoms with Crippen molar-refractivity contribution < 1.29 is 14.7 Å². The molecule has 0 bridgehead atoms. The van der Waals surface area contributed by atoms with Gasteiger partial charge in [-0.3, -0.25) is 9.59 Å². The summed E-state index contributed by atoms with van der Waals surface area (Å²) in [6, 6.07) is 13.5. The smallest absolute Gasteiger partial charge is 0.253 e. The van der Waals surface area contributed by atoms with Gasteiger partial charge in [0.05, 0.1) is 6.42 Å². The molecule has 1 saturated heterocycles. The van der Waals surface area contributed by atoms with Crippen molar-refractivity contribution >= 4 is 29.9 Å². The first kappa shape index (κ1) is 19.6. The molecule has 1 aliphatic heterocycles. The average Bonchev–Trinajstić information content (AvgIpc) is 2.64. The van der Waals surface area contributed by atoms with Crippen molar-refractivity contribution in [2.45, 2.75) is 6.42 Å². The molecule has 3 rings (SSSR count). The Hall–Kier alpha value is -2.73. The van der Waals surface area contributed by atoms with Crippen LogP contribution in [-0.2, 0) is 11.2 Å². The Bertz CT molecular complexity index is 755. The summed E-state index contributed by atoms with van der Waals surface area (Å²) < 4.78 is 0. The van der Waals surface area contributed by atoms with E-state index in [-0.39, 0.29) is 30.0 Å². The van der Waals surface area contributed by atoms with Crippen molar-refractivity contribution in [3.8, 4) is 5.75 Å². The number of nitrogen functional groups attached to an aromatic ring is 1. The summed E-state index contributed by atoms with van der Waals surface area (Å²) in [5.74, 6) is 0.113. The maximum atomic E-state index is 12.4. The number of halogens is 1. The molecule has 0 spiro atoms. The zero-order valence-corrected chi connectivity index (χ0v) is 15.1. The van der Waals surface area contributed by atoms with Crippen LogP contribution in [0.15, 0.2) is 48.5 Å². The second kappa shape index (κ2) is 8.58. The SMILES string of the molecule is Cl.Nc1ccc(CC(=O)N2CCN(C(=O)c3ccc(O)cc3)CC2)cc1. The molecule has 2 aromatic carbocycles. The number of aromatic hydroxyl groups is 1. The summed E-state index contributed by atoms with van der Waals surface area (Å²) in [6.07, 6.45) is 0.339. The number of nitrogens with two attached hydrogens (primary N) is 1. The molecule has 0 aliphatic carbocycles. The first-order chi connectivity index (χ1) is 12.0. The number of hydrogen-bond donors (Lipinski definition) is 2. The lowest BCUT2D eigenvalue weighted by atomic mass is 10.1. The van der Waals surface area contributed by atoms with Gasteiger partial charge in [0.15, 0.2) is 0 Å². The third kappa shape index (κ3) is 4.67. The molecule has 138 valence electrons. The molecule has 0 saturated carbocycles. The fraction of sp³-hybridized carbons (Fsp3) is 0.263.